The molecule has 0 amide bonds. The van der Waals surface area contributed by atoms with Gasteiger partial charge in [0.2, 0.25) is 0 Å². The number of carbonyl (C=O) groups is 1. The lowest BCUT2D eigenvalue weighted by Gasteiger charge is -2.18. The third kappa shape index (κ3) is 5.23. The fraction of sp³-hybridized carbons (Fsp3) is 0.344. The molecule has 0 bridgehead atoms. The first-order valence-electron chi connectivity index (χ1n) is 13.6. The van der Waals surface area contributed by atoms with E-state index >= 15 is 4.39 Å². The smallest absolute Gasteiger partial charge is 0.304 e. The molecule has 0 spiro atoms. The van der Waals surface area contributed by atoms with Crippen molar-refractivity contribution in [2.24, 2.45) is 0 Å². The van der Waals surface area contributed by atoms with Gasteiger partial charge in [-0.1, -0.05) is 6.07 Å². The van der Waals surface area contributed by atoms with Crippen molar-refractivity contribution in [2.75, 3.05) is 6.61 Å². The summed E-state index contributed by atoms with van der Waals surface area (Å²) >= 11 is 0. The quantitative estimate of drug-likeness (QED) is 0.242. The highest BCUT2D eigenvalue weighted by Crippen LogP contribution is 2.44. The fourth-order valence-corrected chi connectivity index (χ4v) is 5.69. The fourth-order valence-electron chi connectivity index (χ4n) is 5.69. The standard InChI is InChI=1S/C32H32FNO6/c1-32(2,37)12-14-34-13-11-19-15-21(4-8-26(19)34)39-27-10-7-25(33)31-24(27)6-9-28(31)40-22-3-5-23-20(16-30(35)36)18-38-29(23)17-22/h3-5,7-8,10-11,13,15,17,20,28,37H,6,9,12,14,16,18H2,1-2H3,(H,35,36)/t20-,28-/m1/s1. The number of rotatable bonds is 9. The topological polar surface area (TPSA) is 90.2 Å². The van der Waals surface area contributed by atoms with E-state index in [2.05, 4.69) is 4.57 Å². The molecule has 0 unspecified atom stereocenters. The summed E-state index contributed by atoms with van der Waals surface area (Å²) in [6.45, 7) is 4.64. The molecule has 1 aliphatic carbocycles. The van der Waals surface area contributed by atoms with E-state index in [1.54, 1.807) is 32.0 Å². The van der Waals surface area contributed by atoms with Crippen LogP contribution in [-0.2, 0) is 17.8 Å². The molecule has 40 heavy (non-hydrogen) atoms. The Bertz CT molecular complexity index is 1590. The third-order valence-electron chi connectivity index (χ3n) is 7.74. The Hall–Kier alpha value is -4.04. The Morgan fingerprint density at radius 1 is 1.12 bits per heavy atom. The molecule has 0 radical (unpaired) electrons. The summed E-state index contributed by atoms with van der Waals surface area (Å²) in [5.41, 5.74) is 2.48. The van der Waals surface area contributed by atoms with E-state index < -0.39 is 17.7 Å². The lowest BCUT2D eigenvalue weighted by molar-refractivity contribution is -0.137. The van der Waals surface area contributed by atoms with Crippen LogP contribution in [0.25, 0.3) is 10.9 Å². The van der Waals surface area contributed by atoms with Gasteiger partial charge in [-0.15, -0.1) is 0 Å². The van der Waals surface area contributed by atoms with Gasteiger partial charge in [0.05, 0.1) is 18.6 Å². The average molecular weight is 546 g/mol. The van der Waals surface area contributed by atoms with Crippen LogP contribution < -0.4 is 14.2 Å². The number of fused-ring (bicyclic) bond motifs is 3. The van der Waals surface area contributed by atoms with Crippen LogP contribution in [0.4, 0.5) is 4.39 Å². The molecule has 4 aromatic rings. The molecule has 2 aliphatic rings. The zero-order chi connectivity index (χ0) is 28.0. The molecule has 2 N–H and O–H groups in total. The third-order valence-corrected chi connectivity index (χ3v) is 7.74. The molecular weight excluding hydrogens is 513 g/mol. The van der Waals surface area contributed by atoms with E-state index in [-0.39, 0.29) is 18.2 Å². The van der Waals surface area contributed by atoms with Crippen molar-refractivity contribution < 1.29 is 33.6 Å². The number of hydrogen-bond donors (Lipinski definition) is 2. The highest BCUT2D eigenvalue weighted by atomic mass is 19.1. The summed E-state index contributed by atoms with van der Waals surface area (Å²) in [4.78, 5) is 11.1. The molecule has 8 heteroatoms. The number of carboxylic acids is 1. The Morgan fingerprint density at radius 2 is 1.95 bits per heavy atom. The van der Waals surface area contributed by atoms with Crippen LogP contribution in [0.1, 0.15) is 61.8 Å². The van der Waals surface area contributed by atoms with Gasteiger partial charge >= 0.3 is 5.97 Å². The number of halogens is 1. The summed E-state index contributed by atoms with van der Waals surface area (Å²) in [6.07, 6.45) is 3.41. The zero-order valence-corrected chi connectivity index (χ0v) is 22.5. The van der Waals surface area contributed by atoms with Gasteiger partial charge < -0.3 is 29.0 Å². The summed E-state index contributed by atoms with van der Waals surface area (Å²) in [5, 5.41) is 20.2. The Labute approximate surface area is 231 Å². The van der Waals surface area contributed by atoms with Gasteiger partial charge in [-0.05, 0) is 75.6 Å². The summed E-state index contributed by atoms with van der Waals surface area (Å²) in [6, 6.07) is 16.4. The minimum atomic E-state index is -0.863. The average Bonchev–Trinajstić information content (AvgIpc) is 3.61. The first-order chi connectivity index (χ1) is 19.1. The van der Waals surface area contributed by atoms with Crippen LogP contribution in [0.2, 0.25) is 0 Å². The van der Waals surface area contributed by atoms with E-state index in [9.17, 15) is 9.90 Å². The van der Waals surface area contributed by atoms with Crippen LogP contribution >= 0.6 is 0 Å². The largest absolute Gasteiger partial charge is 0.492 e. The maximum Gasteiger partial charge on any atom is 0.304 e. The summed E-state index contributed by atoms with van der Waals surface area (Å²) in [7, 11) is 0. The second-order valence-corrected chi connectivity index (χ2v) is 11.3. The van der Waals surface area contributed by atoms with Crippen molar-refractivity contribution in [1.29, 1.82) is 0 Å². The number of aromatic nitrogens is 1. The maximum absolute atomic E-state index is 15.1. The van der Waals surface area contributed by atoms with Gasteiger partial charge in [0.1, 0.15) is 34.9 Å². The van der Waals surface area contributed by atoms with Crippen LogP contribution in [-0.4, -0.2) is 33.0 Å². The molecule has 1 aliphatic heterocycles. The number of ether oxygens (including phenoxy) is 3. The summed E-state index contributed by atoms with van der Waals surface area (Å²) < 4.78 is 35.4. The second kappa shape index (κ2) is 10.2. The van der Waals surface area contributed by atoms with Crippen LogP contribution in [0.15, 0.2) is 60.8 Å². The molecule has 0 fully saturated rings. The number of carboxylic acid groups (broad SMARTS) is 1. The number of aryl methyl sites for hydroxylation is 1. The normalized spacial score (nSPS) is 17.9. The molecule has 7 nitrogen and oxygen atoms in total. The number of aliphatic carboxylic acids is 1. The van der Waals surface area contributed by atoms with Gasteiger partial charge in [-0.25, -0.2) is 4.39 Å². The lowest BCUT2D eigenvalue weighted by atomic mass is 9.98. The molecule has 1 aromatic heterocycles. The van der Waals surface area contributed by atoms with Gasteiger partial charge in [0, 0.05) is 52.3 Å². The molecule has 2 heterocycles. The first-order valence-corrected chi connectivity index (χ1v) is 13.6. The second-order valence-electron chi connectivity index (χ2n) is 11.3. The number of aliphatic hydroxyl groups is 1. The molecular formula is C32H32FNO6. The SMILES string of the molecule is CC(C)(O)CCn1ccc2cc(Oc3ccc(F)c4c3CC[C@H]4Oc3ccc4c(c3)OC[C@H]4CC(=O)O)ccc21. The first kappa shape index (κ1) is 26.2. The highest BCUT2D eigenvalue weighted by Gasteiger charge is 2.32. The van der Waals surface area contributed by atoms with Gasteiger partial charge in [0.15, 0.2) is 0 Å². The van der Waals surface area contributed by atoms with E-state index in [0.717, 1.165) is 22.0 Å². The molecule has 3 aromatic carbocycles. The Morgan fingerprint density at radius 3 is 2.75 bits per heavy atom. The van der Waals surface area contributed by atoms with Crippen molar-refractivity contribution in [3.8, 4) is 23.0 Å². The number of benzene rings is 3. The van der Waals surface area contributed by atoms with Crippen molar-refractivity contribution in [3.63, 3.8) is 0 Å². The molecule has 2 atom stereocenters. The molecule has 0 saturated heterocycles. The van der Waals surface area contributed by atoms with Crippen molar-refractivity contribution in [1.82, 2.24) is 4.57 Å². The van der Waals surface area contributed by atoms with E-state index in [1.807, 2.05) is 36.5 Å². The van der Waals surface area contributed by atoms with Crippen molar-refractivity contribution in [3.05, 3.63) is 83.3 Å². The lowest BCUT2D eigenvalue weighted by Crippen LogP contribution is -2.20. The van der Waals surface area contributed by atoms with Crippen molar-refractivity contribution in [2.45, 2.75) is 63.7 Å². The Kier molecular flexibility index (Phi) is 6.66. The van der Waals surface area contributed by atoms with Crippen LogP contribution in [0.3, 0.4) is 0 Å². The maximum atomic E-state index is 15.1. The minimum Gasteiger partial charge on any atom is -0.492 e. The van der Waals surface area contributed by atoms with Gasteiger partial charge in [-0.3, -0.25) is 4.79 Å². The summed E-state index contributed by atoms with van der Waals surface area (Å²) in [5.74, 6) is 1.06. The number of hydrogen-bond acceptors (Lipinski definition) is 5. The predicted octanol–water partition coefficient (Wildman–Crippen LogP) is 6.75. The van der Waals surface area contributed by atoms with Crippen LogP contribution in [0, 0.1) is 5.82 Å². The van der Waals surface area contributed by atoms with Crippen molar-refractivity contribution >= 4 is 16.9 Å². The van der Waals surface area contributed by atoms with Crippen LogP contribution in [0.5, 0.6) is 23.0 Å². The molecule has 0 saturated carbocycles. The molecule has 208 valence electrons. The van der Waals surface area contributed by atoms with E-state index in [1.165, 1.54) is 6.07 Å². The van der Waals surface area contributed by atoms with Gasteiger partial charge in [0.25, 0.3) is 0 Å². The van der Waals surface area contributed by atoms with E-state index in [0.29, 0.717) is 61.0 Å². The predicted molar refractivity (Wildman–Crippen MR) is 148 cm³/mol. The number of nitrogens with zero attached hydrogens (tertiary/aromatic N) is 1. The molecule has 6 rings (SSSR count). The highest BCUT2D eigenvalue weighted by molar-refractivity contribution is 5.81. The van der Waals surface area contributed by atoms with Gasteiger partial charge in [-0.2, -0.15) is 0 Å². The van der Waals surface area contributed by atoms with E-state index in [4.69, 9.17) is 19.3 Å². The monoisotopic (exact) mass is 545 g/mol. The Balaban J connectivity index is 1.19. The zero-order valence-electron chi connectivity index (χ0n) is 22.5. The minimum absolute atomic E-state index is 0.0119.